The second-order valence-corrected chi connectivity index (χ2v) is 5.94. The number of anilines is 2. The van der Waals surface area contributed by atoms with E-state index in [1.165, 1.54) is 12.8 Å². The molecule has 0 aliphatic carbocycles. The predicted molar refractivity (Wildman–Crippen MR) is 77.6 cm³/mol. The average Bonchev–Trinajstić information content (AvgIpc) is 2.59. The Morgan fingerprint density at radius 1 is 1.21 bits per heavy atom. The van der Waals surface area contributed by atoms with Gasteiger partial charge in [0.25, 0.3) is 0 Å². The van der Waals surface area contributed by atoms with Crippen molar-refractivity contribution in [3.8, 4) is 0 Å². The molecule has 2 aliphatic heterocycles. The second-order valence-electron chi connectivity index (χ2n) is 5.60. The fraction of sp³-hybridized carbons (Fsp3) is 0.692. The smallest absolute Gasteiger partial charge is 0.224 e. The van der Waals surface area contributed by atoms with Gasteiger partial charge < -0.3 is 10.6 Å². The number of nitrogens with two attached hydrogens (primary N) is 1. The summed E-state index contributed by atoms with van der Waals surface area (Å²) in [6, 6.07) is 1.30. The summed E-state index contributed by atoms with van der Waals surface area (Å²) in [6.07, 6.45) is 3.73. The number of aromatic nitrogens is 2. The van der Waals surface area contributed by atoms with Crippen LogP contribution in [0.25, 0.3) is 0 Å². The largest absolute Gasteiger partial charge is 0.394 e. The summed E-state index contributed by atoms with van der Waals surface area (Å²) in [4.78, 5) is 13.2. The van der Waals surface area contributed by atoms with Gasteiger partial charge in [0.2, 0.25) is 5.28 Å². The van der Waals surface area contributed by atoms with E-state index in [-0.39, 0.29) is 5.28 Å². The zero-order valence-electron chi connectivity index (χ0n) is 11.4. The number of rotatable bonds is 1. The van der Waals surface area contributed by atoms with Crippen LogP contribution < -0.4 is 10.6 Å². The molecule has 2 fully saturated rings. The Balaban J connectivity index is 1.91. The van der Waals surface area contributed by atoms with E-state index in [1.807, 2.05) is 6.92 Å². The first-order chi connectivity index (χ1) is 9.06. The zero-order chi connectivity index (χ0) is 13.6. The summed E-state index contributed by atoms with van der Waals surface area (Å²) < 4.78 is 0. The Morgan fingerprint density at radius 3 is 2.74 bits per heavy atom. The van der Waals surface area contributed by atoms with Gasteiger partial charge in [-0.1, -0.05) is 0 Å². The van der Waals surface area contributed by atoms with Gasteiger partial charge in [-0.15, -0.1) is 0 Å². The quantitative estimate of drug-likeness (QED) is 0.794. The fourth-order valence-electron chi connectivity index (χ4n) is 3.28. The topological polar surface area (TPSA) is 58.3 Å². The molecule has 0 aromatic carbocycles. The number of likely N-dealkylation sites (N-methyl/N-ethyl adjacent to an activating group) is 1. The lowest BCUT2D eigenvalue weighted by Crippen LogP contribution is -2.37. The molecule has 104 valence electrons. The van der Waals surface area contributed by atoms with Crippen LogP contribution in [0.3, 0.4) is 0 Å². The highest BCUT2D eigenvalue weighted by Crippen LogP contribution is 2.32. The summed E-state index contributed by atoms with van der Waals surface area (Å²) in [6.45, 7) is 3.84. The van der Waals surface area contributed by atoms with Gasteiger partial charge in [0, 0.05) is 25.2 Å². The first kappa shape index (κ1) is 12.9. The van der Waals surface area contributed by atoms with Crippen LogP contribution >= 0.6 is 11.6 Å². The van der Waals surface area contributed by atoms with Gasteiger partial charge in [-0.3, -0.25) is 4.90 Å². The van der Waals surface area contributed by atoms with Crippen molar-refractivity contribution in [3.63, 3.8) is 0 Å². The average molecular weight is 282 g/mol. The summed E-state index contributed by atoms with van der Waals surface area (Å²) in [5.74, 6) is 0.804. The molecule has 1 aromatic heterocycles. The normalized spacial score (nSPS) is 27.6. The van der Waals surface area contributed by atoms with E-state index in [0.717, 1.165) is 31.0 Å². The Morgan fingerprint density at radius 2 is 1.95 bits per heavy atom. The van der Waals surface area contributed by atoms with E-state index in [2.05, 4.69) is 26.8 Å². The van der Waals surface area contributed by atoms with E-state index in [4.69, 9.17) is 17.3 Å². The van der Waals surface area contributed by atoms with Crippen LogP contribution in [-0.2, 0) is 0 Å². The van der Waals surface area contributed by atoms with Crippen LogP contribution in [0.5, 0.6) is 0 Å². The third kappa shape index (κ3) is 2.25. The number of nitrogens with zero attached hydrogens (tertiary/aromatic N) is 4. The van der Waals surface area contributed by atoms with Crippen LogP contribution in [0.15, 0.2) is 0 Å². The molecule has 2 saturated heterocycles. The minimum atomic E-state index is 0.282. The molecule has 2 N–H and O–H groups in total. The molecule has 19 heavy (non-hydrogen) atoms. The molecule has 0 amide bonds. The molecule has 5 nitrogen and oxygen atoms in total. The van der Waals surface area contributed by atoms with Crippen molar-refractivity contribution in [2.75, 3.05) is 30.8 Å². The third-order valence-corrected chi connectivity index (χ3v) is 4.71. The molecule has 2 unspecified atom stereocenters. The number of nitrogen functional groups attached to an aromatic ring is 1. The van der Waals surface area contributed by atoms with Gasteiger partial charge in [-0.2, -0.15) is 4.98 Å². The molecular weight excluding hydrogens is 262 g/mol. The minimum Gasteiger partial charge on any atom is -0.394 e. The molecule has 2 bridgehead atoms. The molecule has 0 radical (unpaired) electrons. The summed E-state index contributed by atoms with van der Waals surface area (Å²) >= 11 is 5.97. The molecule has 2 atom stereocenters. The van der Waals surface area contributed by atoms with Gasteiger partial charge in [0.15, 0.2) is 5.82 Å². The maximum atomic E-state index is 6.13. The Bertz CT molecular complexity index is 492. The molecule has 0 spiro atoms. The number of halogens is 1. The number of hydrogen-bond acceptors (Lipinski definition) is 5. The highest BCUT2D eigenvalue weighted by Gasteiger charge is 2.35. The number of aryl methyl sites for hydroxylation is 1. The van der Waals surface area contributed by atoms with E-state index < -0.39 is 0 Å². The lowest BCUT2D eigenvalue weighted by molar-refractivity contribution is 0.254. The molecule has 0 saturated carbocycles. The monoisotopic (exact) mass is 281 g/mol. The van der Waals surface area contributed by atoms with E-state index in [9.17, 15) is 0 Å². The van der Waals surface area contributed by atoms with E-state index >= 15 is 0 Å². The zero-order valence-corrected chi connectivity index (χ0v) is 12.2. The molecule has 3 heterocycles. The van der Waals surface area contributed by atoms with Crippen LogP contribution in [0.1, 0.15) is 25.0 Å². The van der Waals surface area contributed by atoms with Crippen molar-refractivity contribution in [2.45, 2.75) is 38.3 Å². The highest BCUT2D eigenvalue weighted by atomic mass is 35.5. The van der Waals surface area contributed by atoms with E-state index in [1.54, 1.807) is 0 Å². The lowest BCUT2D eigenvalue weighted by atomic mass is 10.1. The van der Waals surface area contributed by atoms with Crippen LogP contribution in [-0.4, -0.2) is 47.1 Å². The molecule has 2 aliphatic rings. The Labute approximate surface area is 118 Å². The molecular formula is C13H20ClN5. The van der Waals surface area contributed by atoms with Gasteiger partial charge in [-0.05, 0) is 44.8 Å². The second kappa shape index (κ2) is 4.80. The first-order valence-corrected chi connectivity index (χ1v) is 7.20. The molecule has 3 rings (SSSR count). The standard InChI is InChI=1S/C13H20ClN5/c1-8-11(15)12(17-13(14)16-8)19-6-5-9-3-4-10(7-19)18(9)2/h9-10H,3-7,15H2,1-2H3. The minimum absolute atomic E-state index is 0.282. The van der Waals surface area contributed by atoms with Crippen molar-refractivity contribution in [3.05, 3.63) is 11.0 Å². The molecule has 1 aromatic rings. The summed E-state index contributed by atoms with van der Waals surface area (Å²) in [5, 5.41) is 0.282. The SMILES string of the molecule is Cc1nc(Cl)nc(N2CCC3CCC(C2)N3C)c1N. The lowest BCUT2D eigenvalue weighted by Gasteiger charge is -2.27. The predicted octanol–water partition coefficient (Wildman–Crippen LogP) is 1.69. The van der Waals surface area contributed by atoms with Crippen LogP contribution in [0.2, 0.25) is 5.28 Å². The summed E-state index contributed by atoms with van der Waals surface area (Å²) in [5.41, 5.74) is 7.55. The Hall–Kier alpha value is -1.07. The third-order valence-electron chi connectivity index (χ3n) is 4.54. The first-order valence-electron chi connectivity index (χ1n) is 6.82. The van der Waals surface area contributed by atoms with Crippen molar-refractivity contribution < 1.29 is 0 Å². The number of hydrogen-bond donors (Lipinski definition) is 1. The fourth-order valence-corrected chi connectivity index (χ4v) is 3.48. The van der Waals surface area contributed by atoms with Gasteiger partial charge in [0.05, 0.1) is 11.4 Å². The molecule has 6 heteroatoms. The van der Waals surface area contributed by atoms with Gasteiger partial charge in [0.1, 0.15) is 0 Å². The van der Waals surface area contributed by atoms with Crippen molar-refractivity contribution in [2.24, 2.45) is 0 Å². The van der Waals surface area contributed by atoms with Crippen molar-refractivity contribution in [1.82, 2.24) is 14.9 Å². The van der Waals surface area contributed by atoms with Crippen LogP contribution in [0.4, 0.5) is 11.5 Å². The van der Waals surface area contributed by atoms with Crippen molar-refractivity contribution >= 4 is 23.1 Å². The van der Waals surface area contributed by atoms with Gasteiger partial charge in [-0.25, -0.2) is 4.98 Å². The highest BCUT2D eigenvalue weighted by molar-refractivity contribution is 6.28. The van der Waals surface area contributed by atoms with Crippen molar-refractivity contribution in [1.29, 1.82) is 0 Å². The maximum absolute atomic E-state index is 6.13. The summed E-state index contributed by atoms with van der Waals surface area (Å²) in [7, 11) is 2.23. The number of fused-ring (bicyclic) bond motifs is 2. The van der Waals surface area contributed by atoms with Gasteiger partial charge >= 0.3 is 0 Å². The van der Waals surface area contributed by atoms with Crippen LogP contribution in [0, 0.1) is 6.92 Å². The Kier molecular flexibility index (Phi) is 3.27. The maximum Gasteiger partial charge on any atom is 0.224 e. The van der Waals surface area contributed by atoms with E-state index in [0.29, 0.717) is 17.8 Å².